The van der Waals surface area contributed by atoms with Crippen LogP contribution in [0.3, 0.4) is 0 Å². The van der Waals surface area contributed by atoms with Crippen molar-refractivity contribution in [2.45, 2.75) is 61.0 Å². The molecular formula is C12H25IO13. The van der Waals surface area contributed by atoms with Gasteiger partial charge in [0.15, 0.2) is 0 Å². The normalized spacial score (nSPS) is 34.8. The second-order valence-corrected chi connectivity index (χ2v) is 5.97. The lowest BCUT2D eigenvalue weighted by Gasteiger charge is -2.43. The van der Waals surface area contributed by atoms with Crippen LogP contribution in [-0.4, -0.2) is 129 Å². The first kappa shape index (κ1) is 26.2. The van der Waals surface area contributed by atoms with E-state index in [2.05, 4.69) is 0 Å². The van der Waals surface area contributed by atoms with Crippen LogP contribution in [0.25, 0.3) is 0 Å². The molecule has 158 valence electrons. The summed E-state index contributed by atoms with van der Waals surface area (Å²) >= 11 is -1.66. The number of hydrogen-bond donors (Lipinski definition) is 11. The summed E-state index contributed by atoms with van der Waals surface area (Å²) < 4.78 is 20.7. The fraction of sp³-hybridized carbons (Fsp3) is 1.00. The topological polar surface area (TPSA) is 255 Å². The molecule has 14 heteroatoms. The molecule has 0 aromatic heterocycles. The summed E-state index contributed by atoms with van der Waals surface area (Å²) in [5.74, 6) is 0. The van der Waals surface area contributed by atoms with E-state index in [0.717, 1.165) is 0 Å². The van der Waals surface area contributed by atoms with Crippen LogP contribution >= 0.6 is 0 Å². The molecule has 0 aliphatic carbocycles. The third-order valence-corrected chi connectivity index (χ3v) is 3.90. The van der Waals surface area contributed by atoms with Gasteiger partial charge in [0, 0.05) is 0 Å². The van der Waals surface area contributed by atoms with Crippen molar-refractivity contribution in [3.8, 4) is 0 Å². The minimum absolute atomic E-state index is 0.751. The van der Waals surface area contributed by atoms with Crippen molar-refractivity contribution in [1.29, 1.82) is 0 Å². The van der Waals surface area contributed by atoms with Crippen LogP contribution in [0.5, 0.6) is 0 Å². The highest BCUT2D eigenvalue weighted by Gasteiger charge is 2.49. The summed E-state index contributed by atoms with van der Waals surface area (Å²) in [7, 11) is 0. The number of aliphatic hydroxyl groups excluding tert-OH is 10. The number of aliphatic hydroxyl groups is 10. The van der Waals surface area contributed by atoms with Crippen molar-refractivity contribution in [1.82, 2.24) is 0 Å². The summed E-state index contributed by atoms with van der Waals surface area (Å²) in [6, 6.07) is 0. The first-order valence-corrected chi connectivity index (χ1v) is 9.15. The molecule has 0 radical (unpaired) electrons. The number of hydrogen-bond acceptors (Lipinski definition) is 13. The van der Waals surface area contributed by atoms with Gasteiger partial charge in [-0.2, -0.15) is 3.44 Å². The van der Waals surface area contributed by atoms with Crippen LogP contribution in [0, 0.1) is 0 Å². The molecular weight excluding hydrogens is 479 g/mol. The predicted octanol–water partition coefficient (Wildman–Crippen LogP) is -11.1. The second kappa shape index (κ2) is 12.6. The Hall–Kier alpha value is 0.210. The number of rotatable bonds is 7. The average Bonchev–Trinajstić information content (AvgIpc) is 2.64. The van der Waals surface area contributed by atoms with Gasteiger partial charge in [0.25, 0.3) is 0 Å². The molecule has 0 amide bonds. The summed E-state index contributed by atoms with van der Waals surface area (Å²) in [5.41, 5.74) is 0. The van der Waals surface area contributed by atoms with Gasteiger partial charge in [-0.25, -0.2) is 0 Å². The molecule has 0 bridgehead atoms. The Bertz CT molecular complexity index is 375. The predicted molar refractivity (Wildman–Crippen MR) is 73.1 cm³/mol. The molecule has 2 unspecified atom stereocenters. The monoisotopic (exact) mass is 504 g/mol. The molecule has 0 saturated carbocycles. The fourth-order valence-corrected chi connectivity index (χ4v) is 2.35. The van der Waals surface area contributed by atoms with Crippen molar-refractivity contribution in [2.75, 3.05) is 13.2 Å². The van der Waals surface area contributed by atoms with E-state index in [1.165, 1.54) is 0 Å². The number of ether oxygens (including phenoxy) is 1. The van der Waals surface area contributed by atoms with E-state index in [-0.39, 0.29) is 0 Å². The van der Waals surface area contributed by atoms with Gasteiger partial charge in [-0.1, -0.05) is 0 Å². The van der Waals surface area contributed by atoms with Crippen LogP contribution < -0.4 is 25.5 Å². The van der Waals surface area contributed by atoms with E-state index in [9.17, 15) is 40.9 Å². The summed E-state index contributed by atoms with van der Waals surface area (Å²) in [6.45, 7) is -1.67. The molecule has 0 aromatic carbocycles. The van der Waals surface area contributed by atoms with E-state index in [4.69, 9.17) is 21.8 Å². The molecule has 1 heterocycles. The fourth-order valence-electron chi connectivity index (χ4n) is 2.35. The third-order valence-electron chi connectivity index (χ3n) is 3.90. The molecule has 1 fully saturated rings. The molecule has 1 aliphatic heterocycles. The molecule has 13 nitrogen and oxygen atoms in total. The maximum atomic E-state index is 9.98. The van der Waals surface area contributed by atoms with Gasteiger partial charge in [-0.15, -0.1) is 0 Å². The maximum absolute atomic E-state index is 9.98. The van der Waals surface area contributed by atoms with Gasteiger partial charge < -0.3 is 59.2 Å². The average molecular weight is 504 g/mol. The van der Waals surface area contributed by atoms with Gasteiger partial charge in [0.1, 0.15) is 61.0 Å². The van der Waals surface area contributed by atoms with Crippen molar-refractivity contribution < 1.29 is 84.7 Å². The molecule has 1 rings (SSSR count). The zero-order valence-electron chi connectivity index (χ0n) is 13.3. The Kier molecular flexibility index (Phi) is 12.7. The quantitative estimate of drug-likeness (QED) is 0.144. The Morgan fingerprint density at radius 2 is 1.35 bits per heavy atom. The van der Waals surface area contributed by atoms with E-state index < -0.39 is 96.3 Å². The smallest absolute Gasteiger partial charge is 0.449 e. The molecule has 10 atom stereocenters. The lowest BCUT2D eigenvalue weighted by Crippen LogP contribution is -3.69. The van der Waals surface area contributed by atoms with Crippen LogP contribution in [0.15, 0.2) is 0 Å². The summed E-state index contributed by atoms with van der Waals surface area (Å²) in [5, 5.41) is 94.9. The van der Waals surface area contributed by atoms with Crippen molar-refractivity contribution in [2.24, 2.45) is 0 Å². The third kappa shape index (κ3) is 6.67. The van der Waals surface area contributed by atoms with E-state index in [1.807, 2.05) is 0 Å². The maximum Gasteiger partial charge on any atom is 0.449 e. The Morgan fingerprint density at radius 1 is 0.846 bits per heavy atom. The summed E-state index contributed by atoms with van der Waals surface area (Å²) in [6.07, 6.45) is -18.4. The Labute approximate surface area is 159 Å². The van der Waals surface area contributed by atoms with Gasteiger partial charge >= 0.3 is 22.0 Å². The molecule has 11 N–H and O–H groups in total. The van der Waals surface area contributed by atoms with Crippen LogP contribution in [0.2, 0.25) is 0 Å². The zero-order valence-corrected chi connectivity index (χ0v) is 15.5. The molecule has 1 aliphatic rings. The van der Waals surface area contributed by atoms with Crippen LogP contribution in [-0.2, 0) is 4.74 Å². The molecule has 0 aromatic rings. The van der Waals surface area contributed by atoms with Crippen LogP contribution in [0.4, 0.5) is 0 Å². The minimum Gasteiger partial charge on any atom is -0.567 e. The highest BCUT2D eigenvalue weighted by Crippen LogP contribution is 2.25. The minimum atomic E-state index is -2.13. The van der Waals surface area contributed by atoms with E-state index in [1.54, 1.807) is 0 Å². The van der Waals surface area contributed by atoms with Crippen LogP contribution in [0.1, 0.15) is 0 Å². The van der Waals surface area contributed by atoms with Gasteiger partial charge in [-0.3, -0.25) is 0 Å². The zero-order chi connectivity index (χ0) is 20.6. The van der Waals surface area contributed by atoms with Gasteiger partial charge in [0.05, 0.1) is 13.2 Å². The summed E-state index contributed by atoms with van der Waals surface area (Å²) in [4.78, 5) is 0. The van der Waals surface area contributed by atoms with Crippen molar-refractivity contribution >= 4 is 0 Å². The van der Waals surface area contributed by atoms with Crippen molar-refractivity contribution in [3.63, 3.8) is 0 Å². The highest BCUT2D eigenvalue weighted by molar-refractivity contribution is 4.98. The standard InChI is InChI=1S/C12H24O11.HIO2/c13-1-3(15)5(16)7(18)9(20)11(22)12-10(21)8(19)6(17)4(2-14)23-12;2-1-3/h3-22H,1-2H2;2H/t3-,4-,5+,6-,7-,8+,9+,10-,11?,12?;/m1./s1. The SMILES string of the molecule is OC[C@@H](O)[C@H](O)[C@@H](O)[C@H](O)C(O)C1O[C@H](CO)[C@@H](O)[C@H](O)[C@H]1O.[O-][I+]O. The first-order chi connectivity index (χ1) is 12.1. The highest BCUT2D eigenvalue weighted by atomic mass is 127. The molecule has 26 heavy (non-hydrogen) atoms. The largest absolute Gasteiger partial charge is 0.567 e. The number of halogens is 1. The van der Waals surface area contributed by atoms with E-state index >= 15 is 0 Å². The molecule has 0 spiro atoms. The van der Waals surface area contributed by atoms with Gasteiger partial charge in [-0.05, 0) is 0 Å². The van der Waals surface area contributed by atoms with Crippen molar-refractivity contribution in [3.05, 3.63) is 0 Å². The first-order valence-electron chi connectivity index (χ1n) is 7.31. The van der Waals surface area contributed by atoms with E-state index in [0.29, 0.717) is 0 Å². The second-order valence-electron chi connectivity index (χ2n) is 5.57. The Balaban J connectivity index is 0.00000194. The molecule has 1 saturated heterocycles. The lowest BCUT2D eigenvalue weighted by molar-refractivity contribution is -1.27. The van der Waals surface area contributed by atoms with Gasteiger partial charge in [0.2, 0.25) is 0 Å². The Morgan fingerprint density at radius 3 is 1.77 bits per heavy atom. The lowest BCUT2D eigenvalue weighted by atomic mass is 9.88.